The molecular formula is C19H15F2N3O4. The van der Waals surface area contributed by atoms with Crippen LogP contribution >= 0.6 is 0 Å². The fourth-order valence-corrected chi connectivity index (χ4v) is 2.54. The number of nitrogens with zero attached hydrogens (tertiary/aromatic N) is 2. The standard InChI is InChI=1S/C19H15F2N3O4/c1-10-5-7-11(8-6-10)14(9-15(25)26)22-18(27)17-23-19(28-24-17)12-3-2-4-13(20)16(12)21/h2-8,14H,9H2,1H3,(H,22,27)(H,25,26). The highest BCUT2D eigenvalue weighted by Gasteiger charge is 2.23. The second-order valence-electron chi connectivity index (χ2n) is 6.06. The first-order valence-corrected chi connectivity index (χ1v) is 8.22. The maximum Gasteiger partial charge on any atom is 0.305 e. The SMILES string of the molecule is Cc1ccc(C(CC(=O)O)NC(=O)c2noc(-c3cccc(F)c3F)n2)cc1. The normalized spacial score (nSPS) is 11.8. The number of aromatic nitrogens is 2. The summed E-state index contributed by atoms with van der Waals surface area (Å²) in [6.07, 6.45) is -0.363. The monoisotopic (exact) mass is 387 g/mol. The van der Waals surface area contributed by atoms with Gasteiger partial charge in [0.05, 0.1) is 18.0 Å². The summed E-state index contributed by atoms with van der Waals surface area (Å²) < 4.78 is 32.0. The smallest absolute Gasteiger partial charge is 0.305 e. The van der Waals surface area contributed by atoms with Crippen LogP contribution in [-0.2, 0) is 4.79 Å². The van der Waals surface area contributed by atoms with Gasteiger partial charge in [-0.3, -0.25) is 9.59 Å². The molecule has 0 saturated carbocycles. The molecule has 0 fully saturated rings. The van der Waals surface area contributed by atoms with Crippen LogP contribution in [0.2, 0.25) is 0 Å². The number of rotatable bonds is 6. The molecule has 2 N–H and O–H groups in total. The quantitative estimate of drug-likeness (QED) is 0.673. The van der Waals surface area contributed by atoms with E-state index in [1.165, 1.54) is 12.1 Å². The summed E-state index contributed by atoms with van der Waals surface area (Å²) in [5, 5.41) is 15.1. The molecule has 0 radical (unpaired) electrons. The summed E-state index contributed by atoms with van der Waals surface area (Å²) in [6.45, 7) is 1.88. The van der Waals surface area contributed by atoms with Crippen molar-refractivity contribution in [1.29, 1.82) is 0 Å². The number of carboxylic acid groups (broad SMARTS) is 1. The summed E-state index contributed by atoms with van der Waals surface area (Å²) in [5.41, 5.74) is 1.28. The average Bonchev–Trinajstić information content (AvgIpc) is 3.14. The van der Waals surface area contributed by atoms with Gasteiger partial charge in [-0.05, 0) is 24.6 Å². The molecule has 1 amide bonds. The molecule has 3 rings (SSSR count). The molecule has 1 aromatic heterocycles. The van der Waals surface area contributed by atoms with Gasteiger partial charge in [0.25, 0.3) is 17.6 Å². The van der Waals surface area contributed by atoms with Crippen LogP contribution in [0, 0.1) is 18.6 Å². The van der Waals surface area contributed by atoms with E-state index in [0.717, 1.165) is 11.6 Å². The second kappa shape index (κ2) is 7.95. The van der Waals surface area contributed by atoms with E-state index >= 15 is 0 Å². The number of carboxylic acids is 1. The van der Waals surface area contributed by atoms with Gasteiger partial charge in [-0.15, -0.1) is 0 Å². The molecule has 0 saturated heterocycles. The fourth-order valence-electron chi connectivity index (χ4n) is 2.54. The Kier molecular flexibility index (Phi) is 5.44. The lowest BCUT2D eigenvalue weighted by Crippen LogP contribution is -2.31. The largest absolute Gasteiger partial charge is 0.481 e. The van der Waals surface area contributed by atoms with Crippen molar-refractivity contribution in [2.75, 3.05) is 0 Å². The second-order valence-corrected chi connectivity index (χ2v) is 6.06. The van der Waals surface area contributed by atoms with Gasteiger partial charge < -0.3 is 14.9 Å². The minimum Gasteiger partial charge on any atom is -0.481 e. The van der Waals surface area contributed by atoms with E-state index in [9.17, 15) is 18.4 Å². The number of aliphatic carboxylic acids is 1. The third-order valence-corrected chi connectivity index (χ3v) is 3.97. The van der Waals surface area contributed by atoms with Crippen molar-refractivity contribution in [2.45, 2.75) is 19.4 Å². The molecule has 1 unspecified atom stereocenters. The molecule has 1 heterocycles. The molecule has 0 spiro atoms. The van der Waals surface area contributed by atoms with Crippen LogP contribution < -0.4 is 5.32 Å². The zero-order chi connectivity index (χ0) is 20.3. The highest BCUT2D eigenvalue weighted by molar-refractivity contribution is 5.91. The minimum atomic E-state index is -1.18. The Hall–Kier alpha value is -3.62. The first kappa shape index (κ1) is 19.2. The van der Waals surface area contributed by atoms with Crippen molar-refractivity contribution in [3.63, 3.8) is 0 Å². The van der Waals surface area contributed by atoms with Crippen LogP contribution in [0.3, 0.4) is 0 Å². The molecule has 1 atom stereocenters. The van der Waals surface area contributed by atoms with E-state index in [1.54, 1.807) is 24.3 Å². The van der Waals surface area contributed by atoms with Gasteiger partial charge in [-0.1, -0.05) is 41.1 Å². The number of amides is 1. The van der Waals surface area contributed by atoms with E-state index < -0.39 is 35.4 Å². The Morgan fingerprint density at radius 3 is 2.57 bits per heavy atom. The highest BCUT2D eigenvalue weighted by atomic mass is 19.2. The molecule has 0 aliphatic rings. The lowest BCUT2D eigenvalue weighted by Gasteiger charge is -2.16. The number of benzene rings is 2. The van der Waals surface area contributed by atoms with Crippen LogP contribution in [0.1, 0.15) is 34.2 Å². The first-order chi connectivity index (χ1) is 13.3. The summed E-state index contributed by atoms with van der Waals surface area (Å²) in [7, 11) is 0. The molecule has 0 aliphatic carbocycles. The molecule has 7 nitrogen and oxygen atoms in total. The predicted molar refractivity (Wildman–Crippen MR) is 93.3 cm³/mol. The van der Waals surface area contributed by atoms with Crippen molar-refractivity contribution in [1.82, 2.24) is 15.5 Å². The van der Waals surface area contributed by atoms with Gasteiger partial charge >= 0.3 is 5.97 Å². The average molecular weight is 387 g/mol. The molecule has 3 aromatic rings. The first-order valence-electron chi connectivity index (χ1n) is 8.22. The summed E-state index contributed by atoms with van der Waals surface area (Å²) in [4.78, 5) is 27.3. The molecule has 0 aliphatic heterocycles. The number of hydrogen-bond acceptors (Lipinski definition) is 5. The van der Waals surface area contributed by atoms with Gasteiger partial charge in [0.1, 0.15) is 0 Å². The van der Waals surface area contributed by atoms with E-state index in [2.05, 4.69) is 15.5 Å². The summed E-state index contributed by atoms with van der Waals surface area (Å²) in [5.74, 6) is -4.99. The Labute approximate surface area is 158 Å². The lowest BCUT2D eigenvalue weighted by molar-refractivity contribution is -0.137. The Balaban J connectivity index is 1.82. The van der Waals surface area contributed by atoms with Crippen LogP contribution in [0.5, 0.6) is 0 Å². The van der Waals surface area contributed by atoms with Crippen LogP contribution in [0.25, 0.3) is 11.5 Å². The van der Waals surface area contributed by atoms with Gasteiger partial charge in [-0.2, -0.15) is 4.98 Å². The third-order valence-electron chi connectivity index (χ3n) is 3.97. The summed E-state index contributed by atoms with van der Waals surface area (Å²) >= 11 is 0. The molecule has 2 aromatic carbocycles. The number of carbonyl (C=O) groups is 2. The number of halogens is 2. The highest BCUT2D eigenvalue weighted by Crippen LogP contribution is 2.23. The Morgan fingerprint density at radius 2 is 1.89 bits per heavy atom. The predicted octanol–water partition coefficient (Wildman–Crippen LogP) is 3.27. The van der Waals surface area contributed by atoms with E-state index in [1.807, 2.05) is 6.92 Å². The molecule has 28 heavy (non-hydrogen) atoms. The number of hydrogen-bond donors (Lipinski definition) is 2. The van der Waals surface area contributed by atoms with Crippen molar-refractivity contribution >= 4 is 11.9 Å². The van der Waals surface area contributed by atoms with Gasteiger partial charge in [0.2, 0.25) is 0 Å². The van der Waals surface area contributed by atoms with Crippen molar-refractivity contribution in [3.05, 3.63) is 71.1 Å². The van der Waals surface area contributed by atoms with E-state index in [0.29, 0.717) is 5.56 Å². The topological polar surface area (TPSA) is 105 Å². The van der Waals surface area contributed by atoms with Gasteiger partial charge in [0, 0.05) is 0 Å². The van der Waals surface area contributed by atoms with E-state index in [4.69, 9.17) is 9.63 Å². The molecule has 144 valence electrons. The molecule has 0 bridgehead atoms. The zero-order valence-electron chi connectivity index (χ0n) is 14.6. The van der Waals surface area contributed by atoms with Crippen molar-refractivity contribution in [3.8, 4) is 11.5 Å². The number of aryl methyl sites for hydroxylation is 1. The fraction of sp³-hybridized carbons (Fsp3) is 0.158. The van der Waals surface area contributed by atoms with Crippen LogP contribution in [0.4, 0.5) is 8.78 Å². The number of nitrogens with one attached hydrogen (secondary N) is 1. The Bertz CT molecular complexity index is 1020. The minimum absolute atomic E-state index is 0.285. The lowest BCUT2D eigenvalue weighted by atomic mass is 10.0. The van der Waals surface area contributed by atoms with Gasteiger partial charge in [0.15, 0.2) is 11.6 Å². The van der Waals surface area contributed by atoms with E-state index in [-0.39, 0.29) is 17.9 Å². The van der Waals surface area contributed by atoms with Crippen LogP contribution in [-0.4, -0.2) is 27.1 Å². The van der Waals surface area contributed by atoms with Gasteiger partial charge in [-0.25, -0.2) is 8.78 Å². The molecular weight excluding hydrogens is 372 g/mol. The zero-order valence-corrected chi connectivity index (χ0v) is 14.6. The Morgan fingerprint density at radius 1 is 1.18 bits per heavy atom. The van der Waals surface area contributed by atoms with Crippen molar-refractivity contribution < 1.29 is 28.0 Å². The molecule has 9 heteroatoms. The third kappa shape index (κ3) is 4.20. The maximum absolute atomic E-state index is 13.8. The van der Waals surface area contributed by atoms with Crippen LogP contribution in [0.15, 0.2) is 47.0 Å². The summed E-state index contributed by atoms with van der Waals surface area (Å²) in [6, 6.07) is 9.57. The number of carbonyl (C=O) groups excluding carboxylic acids is 1. The maximum atomic E-state index is 13.8. The van der Waals surface area contributed by atoms with Crippen molar-refractivity contribution in [2.24, 2.45) is 0 Å².